The van der Waals surface area contributed by atoms with Gasteiger partial charge in [0.1, 0.15) is 11.5 Å². The maximum absolute atomic E-state index is 5.92. The summed E-state index contributed by atoms with van der Waals surface area (Å²) in [5.74, 6) is 2.13. The summed E-state index contributed by atoms with van der Waals surface area (Å²) in [6.45, 7) is 0. The number of pyridine rings is 1. The number of fused-ring (bicyclic) bond motifs is 9. The molecule has 6 nitrogen and oxygen atoms in total. The standard InChI is InChI=1S/C57H36N6/c1-3-19-37(20-4-1)46-36-47(38-21-5-2-6-22-38)59-56(58-46)45-35-54(61-48-29-13-7-23-39(48)40-24-8-14-30-49(40)61)60-57(63-52-33-17-11-27-43(52)44-28-12-18-34-53(44)63)55(45)62-50-31-15-9-25-41(50)42-26-10-16-32-51(42)62/h1-36H. The second-order valence-electron chi connectivity index (χ2n) is 16.0. The Morgan fingerprint density at radius 2 is 0.619 bits per heavy atom. The number of para-hydroxylation sites is 6. The molecule has 0 unspecified atom stereocenters. The summed E-state index contributed by atoms with van der Waals surface area (Å²) in [5, 5.41) is 6.94. The number of hydrogen-bond donors (Lipinski definition) is 0. The van der Waals surface area contributed by atoms with Crippen molar-refractivity contribution in [1.29, 1.82) is 0 Å². The van der Waals surface area contributed by atoms with E-state index in [1.54, 1.807) is 0 Å². The van der Waals surface area contributed by atoms with Crippen molar-refractivity contribution in [2.45, 2.75) is 0 Å². The van der Waals surface area contributed by atoms with E-state index >= 15 is 0 Å². The number of aromatic nitrogens is 6. The lowest BCUT2D eigenvalue weighted by Crippen LogP contribution is -2.12. The molecule has 0 bridgehead atoms. The summed E-state index contributed by atoms with van der Waals surface area (Å²) >= 11 is 0. The van der Waals surface area contributed by atoms with Gasteiger partial charge in [-0.05, 0) is 48.5 Å². The molecule has 0 aliphatic rings. The molecule has 13 aromatic rings. The van der Waals surface area contributed by atoms with Crippen LogP contribution in [0.1, 0.15) is 0 Å². The van der Waals surface area contributed by atoms with Crippen LogP contribution in [-0.2, 0) is 0 Å². The van der Waals surface area contributed by atoms with E-state index in [1.807, 2.05) is 12.1 Å². The zero-order valence-corrected chi connectivity index (χ0v) is 34.0. The van der Waals surface area contributed by atoms with Crippen LogP contribution in [0.5, 0.6) is 0 Å². The molecular formula is C57H36N6. The number of benzene rings is 8. The molecule has 6 heteroatoms. The maximum atomic E-state index is 5.92. The predicted octanol–water partition coefficient (Wildman–Crippen LogP) is 14.2. The van der Waals surface area contributed by atoms with Gasteiger partial charge in [0.15, 0.2) is 11.6 Å². The molecule has 0 radical (unpaired) electrons. The van der Waals surface area contributed by atoms with E-state index < -0.39 is 0 Å². The first kappa shape index (κ1) is 35.2. The maximum Gasteiger partial charge on any atom is 0.165 e. The molecule has 0 amide bonds. The van der Waals surface area contributed by atoms with E-state index in [0.29, 0.717) is 5.82 Å². The highest BCUT2D eigenvalue weighted by Crippen LogP contribution is 2.43. The Bertz CT molecular complexity index is 3700. The fourth-order valence-electron chi connectivity index (χ4n) is 9.74. The normalized spacial score (nSPS) is 11.8. The molecule has 0 fully saturated rings. The van der Waals surface area contributed by atoms with Crippen LogP contribution in [0.4, 0.5) is 0 Å². The highest BCUT2D eigenvalue weighted by Gasteiger charge is 2.28. The summed E-state index contributed by atoms with van der Waals surface area (Å²) in [6, 6.07) is 77.1. The Labute approximate surface area is 362 Å². The summed E-state index contributed by atoms with van der Waals surface area (Å²) < 4.78 is 7.05. The number of hydrogen-bond acceptors (Lipinski definition) is 3. The van der Waals surface area contributed by atoms with E-state index in [-0.39, 0.29) is 0 Å². The minimum Gasteiger partial charge on any atom is -0.305 e. The Balaban J connectivity index is 1.27. The fourth-order valence-corrected chi connectivity index (χ4v) is 9.74. The molecule has 0 aliphatic heterocycles. The quantitative estimate of drug-likeness (QED) is 0.168. The molecule has 0 saturated heterocycles. The van der Waals surface area contributed by atoms with Crippen molar-refractivity contribution in [3.63, 3.8) is 0 Å². The van der Waals surface area contributed by atoms with Crippen molar-refractivity contribution in [3.8, 4) is 51.2 Å². The Hall–Kier alpha value is -8.61. The van der Waals surface area contributed by atoms with Crippen molar-refractivity contribution < 1.29 is 0 Å². The van der Waals surface area contributed by atoms with Gasteiger partial charge in [-0.2, -0.15) is 0 Å². The van der Waals surface area contributed by atoms with Gasteiger partial charge in [-0.15, -0.1) is 0 Å². The second-order valence-corrected chi connectivity index (χ2v) is 16.0. The molecule has 8 aromatic carbocycles. The van der Waals surface area contributed by atoms with E-state index in [0.717, 1.165) is 111 Å². The molecule has 63 heavy (non-hydrogen) atoms. The molecular weight excluding hydrogens is 769 g/mol. The van der Waals surface area contributed by atoms with Gasteiger partial charge in [-0.3, -0.25) is 9.13 Å². The van der Waals surface area contributed by atoms with Crippen molar-refractivity contribution >= 4 is 65.4 Å². The number of rotatable bonds is 6. The first-order valence-electron chi connectivity index (χ1n) is 21.3. The Morgan fingerprint density at radius 3 is 1.02 bits per heavy atom. The van der Waals surface area contributed by atoms with Gasteiger partial charge < -0.3 is 4.57 Å². The van der Waals surface area contributed by atoms with Crippen LogP contribution in [0.15, 0.2) is 218 Å². The zero-order chi connectivity index (χ0) is 41.4. The molecule has 0 atom stereocenters. The minimum absolute atomic E-state index is 0.596. The lowest BCUT2D eigenvalue weighted by molar-refractivity contribution is 0.980. The third-order valence-electron chi connectivity index (χ3n) is 12.5. The van der Waals surface area contributed by atoms with E-state index in [2.05, 4.69) is 220 Å². The number of nitrogens with zero attached hydrogens (tertiary/aromatic N) is 6. The third kappa shape index (κ3) is 5.41. The van der Waals surface area contributed by atoms with Crippen LogP contribution in [0.2, 0.25) is 0 Å². The van der Waals surface area contributed by atoms with Crippen molar-refractivity contribution in [2.24, 2.45) is 0 Å². The molecule has 0 spiro atoms. The summed E-state index contributed by atoms with van der Waals surface area (Å²) in [4.78, 5) is 17.0. The van der Waals surface area contributed by atoms with Gasteiger partial charge in [-0.1, -0.05) is 170 Å². The highest BCUT2D eigenvalue weighted by molar-refractivity contribution is 6.13. The van der Waals surface area contributed by atoms with Gasteiger partial charge in [0.25, 0.3) is 0 Å². The van der Waals surface area contributed by atoms with E-state index in [4.69, 9.17) is 15.0 Å². The Kier molecular flexibility index (Phi) is 7.80. The molecule has 13 rings (SSSR count). The molecule has 294 valence electrons. The van der Waals surface area contributed by atoms with Crippen LogP contribution in [0.25, 0.3) is 117 Å². The van der Waals surface area contributed by atoms with Gasteiger partial charge in [0.05, 0.1) is 50.1 Å². The molecule has 5 heterocycles. The molecule has 0 N–H and O–H groups in total. The van der Waals surface area contributed by atoms with Gasteiger partial charge in [-0.25, -0.2) is 15.0 Å². The average molecular weight is 805 g/mol. The average Bonchev–Trinajstić information content (AvgIpc) is 4.00. The van der Waals surface area contributed by atoms with Crippen LogP contribution in [-0.4, -0.2) is 28.7 Å². The van der Waals surface area contributed by atoms with Crippen LogP contribution in [0, 0.1) is 0 Å². The van der Waals surface area contributed by atoms with Gasteiger partial charge in [0, 0.05) is 43.4 Å². The van der Waals surface area contributed by atoms with Crippen molar-refractivity contribution in [2.75, 3.05) is 0 Å². The zero-order valence-electron chi connectivity index (χ0n) is 34.0. The SMILES string of the molecule is c1ccc(-c2cc(-c3ccccc3)nc(-c3cc(-n4c5ccccc5c5ccccc54)nc(-n4c5ccccc5c5ccccc54)c3-n3c4ccccc4c4ccccc43)n2)cc1. The van der Waals surface area contributed by atoms with Crippen molar-refractivity contribution in [1.82, 2.24) is 28.7 Å². The third-order valence-corrected chi connectivity index (χ3v) is 12.5. The molecule has 5 aromatic heterocycles. The van der Waals surface area contributed by atoms with Crippen LogP contribution < -0.4 is 0 Å². The van der Waals surface area contributed by atoms with Gasteiger partial charge >= 0.3 is 0 Å². The minimum atomic E-state index is 0.596. The molecule has 0 saturated carbocycles. The van der Waals surface area contributed by atoms with Crippen LogP contribution >= 0.6 is 0 Å². The van der Waals surface area contributed by atoms with Crippen molar-refractivity contribution in [3.05, 3.63) is 218 Å². The fraction of sp³-hybridized carbons (Fsp3) is 0. The smallest absolute Gasteiger partial charge is 0.165 e. The largest absolute Gasteiger partial charge is 0.305 e. The van der Waals surface area contributed by atoms with E-state index in [9.17, 15) is 0 Å². The molecule has 0 aliphatic carbocycles. The lowest BCUT2D eigenvalue weighted by atomic mass is 10.1. The monoisotopic (exact) mass is 804 g/mol. The second kappa shape index (κ2) is 14.0. The lowest BCUT2D eigenvalue weighted by Gasteiger charge is -2.22. The van der Waals surface area contributed by atoms with E-state index in [1.165, 1.54) is 0 Å². The van der Waals surface area contributed by atoms with Gasteiger partial charge in [0.2, 0.25) is 0 Å². The Morgan fingerprint density at radius 1 is 0.286 bits per heavy atom. The first-order chi connectivity index (χ1) is 31.3. The highest BCUT2D eigenvalue weighted by atomic mass is 15.2. The predicted molar refractivity (Wildman–Crippen MR) is 259 cm³/mol. The summed E-state index contributed by atoms with van der Waals surface area (Å²) in [5.41, 5.74) is 11.8. The summed E-state index contributed by atoms with van der Waals surface area (Å²) in [7, 11) is 0. The van der Waals surface area contributed by atoms with Crippen LogP contribution in [0.3, 0.4) is 0 Å². The topological polar surface area (TPSA) is 53.5 Å². The first-order valence-corrected chi connectivity index (χ1v) is 21.3. The summed E-state index contributed by atoms with van der Waals surface area (Å²) in [6.07, 6.45) is 0.